The number of aromatic amines is 1. The lowest BCUT2D eigenvalue weighted by Gasteiger charge is -2.44. The van der Waals surface area contributed by atoms with Crippen LogP contribution in [0.4, 0.5) is 13.2 Å². The first kappa shape index (κ1) is 17.0. The molecule has 0 radical (unpaired) electrons. The van der Waals surface area contributed by atoms with Crippen molar-refractivity contribution in [1.29, 1.82) is 0 Å². The van der Waals surface area contributed by atoms with Crippen LogP contribution in [0.25, 0.3) is 0 Å². The number of alkyl halides is 3. The molecule has 0 saturated heterocycles. The summed E-state index contributed by atoms with van der Waals surface area (Å²) >= 11 is 0. The highest BCUT2D eigenvalue weighted by atomic mass is 19.1. The van der Waals surface area contributed by atoms with Crippen LogP contribution in [0.15, 0.2) is 6.20 Å². The Bertz CT molecular complexity index is 632. The van der Waals surface area contributed by atoms with E-state index in [0.717, 1.165) is 6.20 Å². The number of Topliss-reactive ketones (excluding diaryl/α,β-unsaturated/α-hetero) is 1. The molecule has 0 aromatic carbocycles. The van der Waals surface area contributed by atoms with E-state index in [0.29, 0.717) is 0 Å². The van der Waals surface area contributed by atoms with E-state index in [4.69, 9.17) is 5.11 Å². The van der Waals surface area contributed by atoms with E-state index in [-0.39, 0.29) is 18.4 Å². The predicted octanol–water partition coefficient (Wildman–Crippen LogP) is 1.57. The molecule has 1 aromatic heterocycles. The van der Waals surface area contributed by atoms with Gasteiger partial charge in [0.25, 0.3) is 11.7 Å². The number of aromatic carboxylic acids is 1. The van der Waals surface area contributed by atoms with Gasteiger partial charge in [0.1, 0.15) is 12.4 Å². The number of hydrogen-bond donors (Lipinski definition) is 3. The number of aromatic nitrogens is 1. The monoisotopic (exact) mass is 332 g/mol. The van der Waals surface area contributed by atoms with E-state index in [1.165, 1.54) is 0 Å². The molecule has 0 bridgehead atoms. The van der Waals surface area contributed by atoms with E-state index < -0.39 is 60.4 Å². The zero-order valence-corrected chi connectivity index (χ0v) is 12.0. The van der Waals surface area contributed by atoms with Crippen LogP contribution in [0.1, 0.15) is 39.3 Å². The average molecular weight is 332 g/mol. The zero-order valence-electron chi connectivity index (χ0n) is 12.0. The first-order valence-electron chi connectivity index (χ1n) is 6.84. The largest absolute Gasteiger partial charge is 0.477 e. The lowest BCUT2D eigenvalue weighted by Crippen LogP contribution is -2.54. The highest BCUT2D eigenvalue weighted by Crippen LogP contribution is 2.42. The molecule has 23 heavy (non-hydrogen) atoms. The maximum absolute atomic E-state index is 12.9. The minimum absolute atomic E-state index is 0.0719. The molecule has 126 valence electrons. The lowest BCUT2D eigenvalue weighted by molar-refractivity contribution is -0.119. The number of carbonyl (C=O) groups excluding carboxylic acids is 2. The van der Waals surface area contributed by atoms with Gasteiger partial charge in [0.15, 0.2) is 0 Å². The number of H-pyrrole nitrogens is 1. The Hall–Kier alpha value is -2.32. The molecule has 2 rings (SSSR count). The fourth-order valence-electron chi connectivity index (χ4n) is 2.70. The van der Waals surface area contributed by atoms with Crippen LogP contribution in [0.3, 0.4) is 0 Å². The number of carbonyl (C=O) groups is 3. The first-order chi connectivity index (χ1) is 10.9. The maximum Gasteiger partial charge on any atom is 0.352 e. The Morgan fingerprint density at radius 2 is 1.87 bits per heavy atom. The third-order valence-corrected chi connectivity index (χ3v) is 4.05. The van der Waals surface area contributed by atoms with E-state index in [9.17, 15) is 27.6 Å². The van der Waals surface area contributed by atoms with Crippen molar-refractivity contribution in [3.63, 3.8) is 0 Å². The molecule has 0 unspecified atom stereocenters. The van der Waals surface area contributed by atoms with Gasteiger partial charge in [0.2, 0.25) is 0 Å². The van der Waals surface area contributed by atoms with Crippen molar-refractivity contribution in [1.82, 2.24) is 10.3 Å². The minimum atomic E-state index is -1.45. The zero-order chi connectivity index (χ0) is 17.2. The van der Waals surface area contributed by atoms with Gasteiger partial charge in [0, 0.05) is 23.2 Å². The number of halogens is 3. The molecule has 9 heteroatoms. The summed E-state index contributed by atoms with van der Waals surface area (Å²) in [6, 6.07) is -0.537. The van der Waals surface area contributed by atoms with Crippen LogP contribution in [-0.2, 0) is 11.5 Å². The van der Waals surface area contributed by atoms with Crippen molar-refractivity contribution in [2.75, 3.05) is 13.3 Å². The fraction of sp³-hybridized carbons (Fsp3) is 0.500. The molecular weight excluding hydrogens is 317 g/mol. The van der Waals surface area contributed by atoms with Gasteiger partial charge in [-0.05, 0) is 12.8 Å². The van der Waals surface area contributed by atoms with Crippen molar-refractivity contribution in [2.45, 2.75) is 25.6 Å². The van der Waals surface area contributed by atoms with E-state index in [1.54, 1.807) is 0 Å². The molecule has 1 amide bonds. The molecule has 1 aliphatic carbocycles. The predicted molar refractivity (Wildman–Crippen MR) is 72.4 cm³/mol. The van der Waals surface area contributed by atoms with Crippen LogP contribution >= 0.6 is 0 Å². The molecule has 1 aliphatic rings. The molecule has 0 spiro atoms. The highest BCUT2D eigenvalue weighted by Gasteiger charge is 2.45. The molecule has 3 N–H and O–H groups in total. The molecule has 6 nitrogen and oxygen atoms in total. The van der Waals surface area contributed by atoms with Gasteiger partial charge in [-0.15, -0.1) is 0 Å². The fourth-order valence-corrected chi connectivity index (χ4v) is 2.70. The van der Waals surface area contributed by atoms with Crippen molar-refractivity contribution in [2.24, 2.45) is 5.41 Å². The molecule has 1 saturated carbocycles. The number of rotatable bonds is 7. The Morgan fingerprint density at radius 1 is 1.26 bits per heavy atom. The first-order valence-corrected chi connectivity index (χ1v) is 6.84. The van der Waals surface area contributed by atoms with Crippen LogP contribution in [0.2, 0.25) is 0 Å². The summed E-state index contributed by atoms with van der Waals surface area (Å²) in [5.74, 6) is -3.61. The van der Waals surface area contributed by atoms with Crippen LogP contribution in [0.5, 0.6) is 0 Å². The summed E-state index contributed by atoms with van der Waals surface area (Å²) in [5, 5.41) is 11.2. The van der Waals surface area contributed by atoms with E-state index in [1.807, 2.05) is 0 Å². The molecule has 1 fully saturated rings. The van der Waals surface area contributed by atoms with Crippen molar-refractivity contribution in [3.8, 4) is 0 Å². The number of ketones is 1. The van der Waals surface area contributed by atoms with E-state index >= 15 is 0 Å². The SMILES string of the molecule is O=C(NC1CC(CF)(CF)C1)C(=O)c1c[nH]c(C(=O)O)c1CF. The number of nitrogens with one attached hydrogen (secondary N) is 2. The van der Waals surface area contributed by atoms with Gasteiger partial charge in [0.05, 0.1) is 18.9 Å². The number of hydrogen-bond acceptors (Lipinski definition) is 3. The second kappa shape index (κ2) is 6.43. The Morgan fingerprint density at radius 3 is 2.35 bits per heavy atom. The van der Waals surface area contributed by atoms with Gasteiger partial charge >= 0.3 is 5.97 Å². The topological polar surface area (TPSA) is 99.3 Å². The average Bonchev–Trinajstić information content (AvgIpc) is 2.93. The quantitative estimate of drug-likeness (QED) is 0.521. The van der Waals surface area contributed by atoms with Gasteiger partial charge in [-0.1, -0.05) is 0 Å². The third-order valence-electron chi connectivity index (χ3n) is 4.05. The summed E-state index contributed by atoms with van der Waals surface area (Å²) in [6.07, 6.45) is 1.10. The Balaban J connectivity index is 2.04. The summed E-state index contributed by atoms with van der Waals surface area (Å²) in [5.41, 5.74) is -2.38. The second-order valence-corrected chi connectivity index (χ2v) is 5.67. The second-order valence-electron chi connectivity index (χ2n) is 5.67. The molecular formula is C14H15F3N2O4. The maximum atomic E-state index is 12.9. The van der Waals surface area contributed by atoms with Gasteiger partial charge < -0.3 is 15.4 Å². The van der Waals surface area contributed by atoms with Gasteiger partial charge in [-0.3, -0.25) is 18.4 Å². The standard InChI is InChI=1S/C14H15F3N2O4/c15-3-8-9(4-18-10(8)13(22)23)11(20)12(21)19-7-1-14(2-7,5-16)6-17/h4,7,18H,1-3,5-6H2,(H,19,21)(H,22,23). The van der Waals surface area contributed by atoms with Gasteiger partial charge in [-0.2, -0.15) is 0 Å². The van der Waals surface area contributed by atoms with Crippen molar-refractivity contribution in [3.05, 3.63) is 23.0 Å². The van der Waals surface area contributed by atoms with Crippen LogP contribution in [-0.4, -0.2) is 47.1 Å². The smallest absolute Gasteiger partial charge is 0.352 e. The van der Waals surface area contributed by atoms with Crippen LogP contribution < -0.4 is 5.32 Å². The number of carboxylic acid groups (broad SMARTS) is 1. The summed E-state index contributed by atoms with van der Waals surface area (Å²) in [7, 11) is 0. The van der Waals surface area contributed by atoms with Crippen molar-refractivity contribution < 1.29 is 32.7 Å². The number of amides is 1. The minimum Gasteiger partial charge on any atom is -0.477 e. The normalized spacial score (nSPS) is 16.7. The van der Waals surface area contributed by atoms with Gasteiger partial charge in [-0.25, -0.2) is 9.18 Å². The molecule has 0 aliphatic heterocycles. The van der Waals surface area contributed by atoms with Crippen LogP contribution in [0, 0.1) is 5.41 Å². The molecule has 1 aromatic rings. The third kappa shape index (κ3) is 3.08. The highest BCUT2D eigenvalue weighted by molar-refractivity contribution is 6.43. The molecule has 1 heterocycles. The summed E-state index contributed by atoms with van der Waals surface area (Å²) in [4.78, 5) is 37.0. The molecule has 0 atom stereocenters. The summed E-state index contributed by atoms with van der Waals surface area (Å²) in [6.45, 7) is -2.93. The Kier molecular flexibility index (Phi) is 4.76. The number of carboxylic acids is 1. The van der Waals surface area contributed by atoms with E-state index in [2.05, 4.69) is 10.3 Å². The summed E-state index contributed by atoms with van der Waals surface area (Å²) < 4.78 is 38.3. The Labute approximate surface area is 129 Å². The lowest BCUT2D eigenvalue weighted by atomic mass is 9.67. The van der Waals surface area contributed by atoms with Crippen molar-refractivity contribution >= 4 is 17.7 Å².